The fourth-order valence-electron chi connectivity index (χ4n) is 1.70. The SMILES string of the molecule is CC(CCNc1cc(OC(C)C)ncn1)CCC(=O)O. The Morgan fingerprint density at radius 2 is 2.10 bits per heavy atom. The number of nitrogens with one attached hydrogen (secondary N) is 1. The third-order valence-electron chi connectivity index (χ3n) is 2.79. The first-order chi connectivity index (χ1) is 9.47. The Labute approximate surface area is 119 Å². The maximum Gasteiger partial charge on any atom is 0.303 e. The van der Waals surface area contributed by atoms with Crippen molar-refractivity contribution in [3.05, 3.63) is 12.4 Å². The highest BCUT2D eigenvalue weighted by atomic mass is 16.5. The third-order valence-corrected chi connectivity index (χ3v) is 2.79. The topological polar surface area (TPSA) is 84.3 Å². The standard InChI is InChI=1S/C14H23N3O3/c1-10(2)20-13-8-12(16-9-17-13)15-7-6-11(3)4-5-14(18)19/h8-11H,4-7H2,1-3H3,(H,18,19)(H,15,16,17). The minimum Gasteiger partial charge on any atom is -0.481 e. The molecule has 1 aromatic heterocycles. The maximum atomic E-state index is 10.5. The van der Waals surface area contributed by atoms with E-state index < -0.39 is 5.97 Å². The Kier molecular flexibility index (Phi) is 6.76. The van der Waals surface area contributed by atoms with Gasteiger partial charge < -0.3 is 15.2 Å². The molecular formula is C14H23N3O3. The van der Waals surface area contributed by atoms with Gasteiger partial charge in [-0.15, -0.1) is 0 Å². The maximum absolute atomic E-state index is 10.5. The van der Waals surface area contributed by atoms with Crippen LogP contribution >= 0.6 is 0 Å². The zero-order valence-electron chi connectivity index (χ0n) is 12.3. The molecule has 1 unspecified atom stereocenters. The lowest BCUT2D eigenvalue weighted by Gasteiger charge is -2.12. The van der Waals surface area contributed by atoms with E-state index in [4.69, 9.17) is 9.84 Å². The van der Waals surface area contributed by atoms with Crippen molar-refractivity contribution in [2.45, 2.75) is 46.1 Å². The number of carbonyl (C=O) groups is 1. The normalized spacial score (nSPS) is 12.2. The molecule has 0 saturated heterocycles. The Hall–Kier alpha value is -1.85. The number of hydrogen-bond acceptors (Lipinski definition) is 5. The summed E-state index contributed by atoms with van der Waals surface area (Å²) in [6.45, 7) is 6.69. The van der Waals surface area contributed by atoms with Crippen LogP contribution in [-0.2, 0) is 4.79 Å². The van der Waals surface area contributed by atoms with Crippen LogP contribution in [0.4, 0.5) is 5.82 Å². The Balaban J connectivity index is 2.32. The summed E-state index contributed by atoms with van der Waals surface area (Å²) < 4.78 is 5.49. The molecule has 0 aromatic carbocycles. The van der Waals surface area contributed by atoms with E-state index in [0.29, 0.717) is 18.2 Å². The minimum atomic E-state index is -0.740. The number of carboxylic acids is 1. The van der Waals surface area contributed by atoms with Crippen LogP contribution in [0.15, 0.2) is 12.4 Å². The molecule has 6 heteroatoms. The average Bonchev–Trinajstić information content (AvgIpc) is 2.36. The van der Waals surface area contributed by atoms with Crippen LogP contribution in [0.1, 0.15) is 40.0 Å². The van der Waals surface area contributed by atoms with Crippen molar-refractivity contribution in [1.82, 2.24) is 9.97 Å². The highest BCUT2D eigenvalue weighted by Gasteiger charge is 2.06. The van der Waals surface area contributed by atoms with Crippen molar-refractivity contribution in [3.63, 3.8) is 0 Å². The molecule has 0 aliphatic heterocycles. The van der Waals surface area contributed by atoms with E-state index in [1.54, 1.807) is 6.07 Å². The molecule has 0 aliphatic carbocycles. The summed E-state index contributed by atoms with van der Waals surface area (Å²) in [5.41, 5.74) is 0. The Morgan fingerprint density at radius 3 is 2.75 bits per heavy atom. The van der Waals surface area contributed by atoms with Gasteiger partial charge in [-0.05, 0) is 32.6 Å². The van der Waals surface area contributed by atoms with Gasteiger partial charge in [-0.2, -0.15) is 0 Å². The van der Waals surface area contributed by atoms with Gasteiger partial charge in [0.15, 0.2) is 0 Å². The lowest BCUT2D eigenvalue weighted by molar-refractivity contribution is -0.137. The number of nitrogens with zero attached hydrogens (tertiary/aromatic N) is 2. The van der Waals surface area contributed by atoms with Crippen LogP contribution in [0, 0.1) is 5.92 Å². The molecule has 6 nitrogen and oxygen atoms in total. The second-order valence-electron chi connectivity index (χ2n) is 5.16. The first-order valence-corrected chi connectivity index (χ1v) is 6.91. The van der Waals surface area contributed by atoms with Gasteiger partial charge in [0.05, 0.1) is 6.10 Å². The average molecular weight is 281 g/mol. The molecular weight excluding hydrogens is 258 g/mol. The van der Waals surface area contributed by atoms with E-state index in [9.17, 15) is 4.79 Å². The van der Waals surface area contributed by atoms with Gasteiger partial charge in [0.1, 0.15) is 12.1 Å². The molecule has 2 N–H and O–H groups in total. The second-order valence-corrected chi connectivity index (χ2v) is 5.16. The summed E-state index contributed by atoms with van der Waals surface area (Å²) in [7, 11) is 0. The highest BCUT2D eigenvalue weighted by Crippen LogP contribution is 2.14. The zero-order valence-corrected chi connectivity index (χ0v) is 12.3. The molecule has 0 amide bonds. The van der Waals surface area contributed by atoms with E-state index >= 15 is 0 Å². The summed E-state index contributed by atoms with van der Waals surface area (Å²) in [6, 6.07) is 1.77. The fourth-order valence-corrected chi connectivity index (χ4v) is 1.70. The molecule has 0 bridgehead atoms. The van der Waals surface area contributed by atoms with E-state index in [-0.39, 0.29) is 12.5 Å². The van der Waals surface area contributed by atoms with Gasteiger partial charge in [-0.25, -0.2) is 9.97 Å². The van der Waals surface area contributed by atoms with Gasteiger partial charge in [0.2, 0.25) is 5.88 Å². The van der Waals surface area contributed by atoms with Crippen LogP contribution in [0.5, 0.6) is 5.88 Å². The molecule has 1 aromatic rings. The monoisotopic (exact) mass is 281 g/mol. The molecule has 0 fully saturated rings. The van der Waals surface area contributed by atoms with E-state index in [0.717, 1.165) is 18.8 Å². The van der Waals surface area contributed by atoms with Crippen LogP contribution in [0.3, 0.4) is 0 Å². The first-order valence-electron chi connectivity index (χ1n) is 6.91. The zero-order chi connectivity index (χ0) is 15.0. The van der Waals surface area contributed by atoms with E-state index in [2.05, 4.69) is 22.2 Å². The van der Waals surface area contributed by atoms with Gasteiger partial charge in [0.25, 0.3) is 0 Å². The molecule has 0 spiro atoms. The second kappa shape index (κ2) is 8.35. The van der Waals surface area contributed by atoms with Crippen LogP contribution in [0.2, 0.25) is 0 Å². The molecule has 1 atom stereocenters. The largest absolute Gasteiger partial charge is 0.481 e. The van der Waals surface area contributed by atoms with E-state index in [1.807, 2.05) is 13.8 Å². The van der Waals surface area contributed by atoms with E-state index in [1.165, 1.54) is 6.33 Å². The lowest BCUT2D eigenvalue weighted by atomic mass is 10.0. The number of aliphatic carboxylic acids is 1. The molecule has 112 valence electrons. The highest BCUT2D eigenvalue weighted by molar-refractivity contribution is 5.66. The Morgan fingerprint density at radius 1 is 1.35 bits per heavy atom. The number of carboxylic acid groups (broad SMARTS) is 1. The van der Waals surface area contributed by atoms with Gasteiger partial charge in [-0.1, -0.05) is 6.92 Å². The summed E-state index contributed by atoms with van der Waals surface area (Å²) in [6.07, 6.45) is 3.36. The predicted molar refractivity (Wildman–Crippen MR) is 76.9 cm³/mol. The van der Waals surface area contributed by atoms with Gasteiger partial charge >= 0.3 is 5.97 Å². The molecule has 1 heterocycles. The van der Waals surface area contributed by atoms with Gasteiger partial charge in [0, 0.05) is 19.0 Å². The summed E-state index contributed by atoms with van der Waals surface area (Å²) in [5, 5.41) is 11.8. The number of hydrogen-bond donors (Lipinski definition) is 2. The number of anilines is 1. The summed E-state index contributed by atoms with van der Waals surface area (Å²) in [4.78, 5) is 18.6. The van der Waals surface area contributed by atoms with Crippen molar-refractivity contribution in [2.75, 3.05) is 11.9 Å². The summed E-state index contributed by atoms with van der Waals surface area (Å²) >= 11 is 0. The first kappa shape index (κ1) is 16.2. The van der Waals surface area contributed by atoms with Crippen LogP contribution in [-0.4, -0.2) is 33.7 Å². The minimum absolute atomic E-state index is 0.0776. The molecule has 0 radical (unpaired) electrons. The Bertz CT molecular complexity index is 424. The van der Waals surface area contributed by atoms with Crippen LogP contribution in [0.25, 0.3) is 0 Å². The van der Waals surface area contributed by atoms with Crippen molar-refractivity contribution >= 4 is 11.8 Å². The lowest BCUT2D eigenvalue weighted by Crippen LogP contribution is -2.11. The molecule has 20 heavy (non-hydrogen) atoms. The summed E-state index contributed by atoms with van der Waals surface area (Å²) in [5.74, 6) is 0.903. The molecule has 0 saturated carbocycles. The fraction of sp³-hybridized carbons (Fsp3) is 0.643. The smallest absolute Gasteiger partial charge is 0.303 e. The molecule has 1 rings (SSSR count). The van der Waals surface area contributed by atoms with Crippen molar-refractivity contribution in [3.8, 4) is 5.88 Å². The van der Waals surface area contributed by atoms with Crippen molar-refractivity contribution in [1.29, 1.82) is 0 Å². The number of aromatic nitrogens is 2. The van der Waals surface area contributed by atoms with Crippen molar-refractivity contribution in [2.24, 2.45) is 5.92 Å². The van der Waals surface area contributed by atoms with Crippen molar-refractivity contribution < 1.29 is 14.6 Å². The number of ether oxygens (including phenoxy) is 1. The number of rotatable bonds is 9. The third kappa shape index (κ3) is 6.92. The predicted octanol–water partition coefficient (Wildman–Crippen LogP) is 2.57. The quantitative estimate of drug-likeness (QED) is 0.723. The van der Waals surface area contributed by atoms with Gasteiger partial charge in [-0.3, -0.25) is 4.79 Å². The molecule has 0 aliphatic rings. The van der Waals surface area contributed by atoms with Crippen LogP contribution < -0.4 is 10.1 Å².